The number of carbonyl (C=O) groups is 4. The zero-order valence-electron chi connectivity index (χ0n) is 47.0. The zero-order valence-corrected chi connectivity index (χ0v) is 47.0. The fourth-order valence-corrected chi connectivity index (χ4v) is 8.44. The average Bonchev–Trinajstić information content (AvgIpc) is 3.39. The molecule has 6 atom stereocenters. The lowest BCUT2D eigenvalue weighted by atomic mass is 9.98. The van der Waals surface area contributed by atoms with Gasteiger partial charge in [0.1, 0.15) is 18.8 Å². The summed E-state index contributed by atoms with van der Waals surface area (Å²) in [4.78, 5) is 51.1. The molecule has 0 spiro atoms. The summed E-state index contributed by atoms with van der Waals surface area (Å²) in [5.41, 5.74) is 0. The van der Waals surface area contributed by atoms with E-state index in [1.807, 2.05) is 12.2 Å². The van der Waals surface area contributed by atoms with E-state index in [-0.39, 0.29) is 25.9 Å². The number of allylic oxidation sites excluding steroid dienone is 14. The summed E-state index contributed by atoms with van der Waals surface area (Å²) < 4.78 is 28.3. The second-order valence-corrected chi connectivity index (χ2v) is 19.9. The maximum absolute atomic E-state index is 13.1. The highest BCUT2D eigenvalue weighted by Crippen LogP contribution is 2.26. The van der Waals surface area contributed by atoms with E-state index < -0.39 is 67.3 Å². The number of rotatable bonds is 49. The van der Waals surface area contributed by atoms with Gasteiger partial charge in [-0.25, -0.2) is 4.79 Å². The van der Waals surface area contributed by atoms with Crippen molar-refractivity contribution >= 4 is 23.9 Å². The standard InChI is InChI=1S/C63H104O12/c1-4-7-10-13-16-19-22-25-27-28-30-33-36-39-42-45-48-51-57(66)74-61-59(68)58(67)60(62(69)70)75-63(61)72-53-54(73-56(65)50-47-44-41-38-35-31-24-21-18-15-12-9-6-3)52-71-55(64)49-46-43-40-37-34-32-29-26-23-20-17-14-11-8-5-2/h7,10,12,15-16,19,21,24-25,27,30,33,39,42,54,58-61,63,67-68H,4-6,8-9,11,13-14,17-18,20,22-23,26,28-29,31-32,34-38,40-41,43-53H2,1-3H3,(H,69,70)/b10-7-,15-12-,19-16-,24-21-,27-25-,33-30-,42-39-. The predicted molar refractivity (Wildman–Crippen MR) is 303 cm³/mol. The van der Waals surface area contributed by atoms with Gasteiger partial charge in [0.2, 0.25) is 0 Å². The second-order valence-electron chi connectivity index (χ2n) is 19.9. The monoisotopic (exact) mass is 1050 g/mol. The first kappa shape index (κ1) is 68.9. The number of hydrogen-bond donors (Lipinski definition) is 3. The molecule has 0 bridgehead atoms. The summed E-state index contributed by atoms with van der Waals surface area (Å²) in [5.74, 6) is -3.21. The lowest BCUT2D eigenvalue weighted by molar-refractivity contribution is -0.301. The summed E-state index contributed by atoms with van der Waals surface area (Å²) in [6.07, 6.45) is 52.7. The lowest BCUT2D eigenvalue weighted by Gasteiger charge is -2.40. The molecule has 0 aromatic carbocycles. The van der Waals surface area contributed by atoms with Crippen LogP contribution in [0.1, 0.15) is 239 Å². The molecule has 75 heavy (non-hydrogen) atoms. The molecule has 0 saturated carbocycles. The molecular weight excluding hydrogens is 949 g/mol. The summed E-state index contributed by atoms with van der Waals surface area (Å²) in [6, 6.07) is 0. The molecule has 1 heterocycles. The van der Waals surface area contributed by atoms with E-state index in [9.17, 15) is 34.5 Å². The van der Waals surface area contributed by atoms with Crippen LogP contribution < -0.4 is 0 Å². The molecule has 12 heteroatoms. The number of unbranched alkanes of at least 4 members (excludes halogenated alkanes) is 21. The molecule has 1 aliphatic heterocycles. The third kappa shape index (κ3) is 40.8. The van der Waals surface area contributed by atoms with Crippen LogP contribution in [0.15, 0.2) is 85.1 Å². The van der Waals surface area contributed by atoms with Crippen molar-refractivity contribution in [2.24, 2.45) is 0 Å². The third-order valence-corrected chi connectivity index (χ3v) is 12.9. The lowest BCUT2D eigenvalue weighted by Crippen LogP contribution is -2.61. The fourth-order valence-electron chi connectivity index (χ4n) is 8.44. The van der Waals surface area contributed by atoms with Crippen LogP contribution in [0, 0.1) is 0 Å². The van der Waals surface area contributed by atoms with Crippen molar-refractivity contribution in [2.75, 3.05) is 13.2 Å². The van der Waals surface area contributed by atoms with Crippen molar-refractivity contribution in [1.82, 2.24) is 0 Å². The number of esters is 3. The van der Waals surface area contributed by atoms with Crippen molar-refractivity contribution in [3.05, 3.63) is 85.1 Å². The number of carboxylic acid groups (broad SMARTS) is 1. The average molecular weight is 1050 g/mol. The second kappa shape index (κ2) is 50.7. The van der Waals surface area contributed by atoms with Crippen molar-refractivity contribution in [3.8, 4) is 0 Å². The highest BCUT2D eigenvalue weighted by Gasteiger charge is 2.50. The molecule has 1 rings (SSSR count). The van der Waals surface area contributed by atoms with Gasteiger partial charge >= 0.3 is 23.9 Å². The number of carbonyl (C=O) groups excluding carboxylic acids is 3. The minimum Gasteiger partial charge on any atom is -0.479 e. The first-order valence-corrected chi connectivity index (χ1v) is 29.6. The minimum atomic E-state index is -1.93. The van der Waals surface area contributed by atoms with Crippen molar-refractivity contribution in [2.45, 2.75) is 276 Å². The van der Waals surface area contributed by atoms with Crippen molar-refractivity contribution < 1.29 is 58.2 Å². The van der Waals surface area contributed by atoms with Crippen LogP contribution in [0.4, 0.5) is 0 Å². The number of aliphatic hydroxyl groups is 2. The maximum Gasteiger partial charge on any atom is 0.335 e. The van der Waals surface area contributed by atoms with Crippen LogP contribution >= 0.6 is 0 Å². The van der Waals surface area contributed by atoms with Crippen LogP contribution in [0.2, 0.25) is 0 Å². The van der Waals surface area contributed by atoms with E-state index in [0.717, 1.165) is 103 Å². The quantitative estimate of drug-likeness (QED) is 0.0228. The molecule has 6 unspecified atom stereocenters. The Morgan fingerprint density at radius 1 is 0.453 bits per heavy atom. The van der Waals surface area contributed by atoms with Crippen LogP contribution in [-0.2, 0) is 42.9 Å². The van der Waals surface area contributed by atoms with E-state index in [4.69, 9.17) is 23.7 Å². The number of carboxylic acids is 1. The Hall–Kier alpha value is -4.10. The van der Waals surface area contributed by atoms with Crippen molar-refractivity contribution in [3.63, 3.8) is 0 Å². The normalized spacial score (nSPS) is 18.8. The van der Waals surface area contributed by atoms with Crippen LogP contribution in [0.5, 0.6) is 0 Å². The Balaban J connectivity index is 2.73. The van der Waals surface area contributed by atoms with Gasteiger partial charge in [-0.2, -0.15) is 0 Å². The molecule has 1 aliphatic rings. The van der Waals surface area contributed by atoms with Gasteiger partial charge in [-0.05, 0) is 83.5 Å². The largest absolute Gasteiger partial charge is 0.479 e. The van der Waals surface area contributed by atoms with Gasteiger partial charge in [0.15, 0.2) is 24.6 Å². The van der Waals surface area contributed by atoms with Crippen LogP contribution in [0.25, 0.3) is 0 Å². The Labute approximate surface area is 454 Å². The summed E-state index contributed by atoms with van der Waals surface area (Å²) in [6.45, 7) is 5.78. The number of hydrogen-bond acceptors (Lipinski definition) is 11. The van der Waals surface area contributed by atoms with Gasteiger partial charge in [0, 0.05) is 19.3 Å². The van der Waals surface area contributed by atoms with Gasteiger partial charge in [0.05, 0.1) is 6.61 Å². The Kier molecular flexibility index (Phi) is 46.6. The van der Waals surface area contributed by atoms with Gasteiger partial charge in [-0.1, -0.05) is 221 Å². The van der Waals surface area contributed by atoms with Crippen LogP contribution in [0.3, 0.4) is 0 Å². The molecule has 0 radical (unpaired) electrons. The van der Waals surface area contributed by atoms with E-state index in [1.54, 1.807) is 0 Å². The Morgan fingerprint density at radius 3 is 1.37 bits per heavy atom. The molecule has 3 N–H and O–H groups in total. The SMILES string of the molecule is CC/C=C\C/C=C\C/C=C\C/C=C\C/C=C\CCCC(=O)OC1C(OCC(COC(=O)CCCCCCCCCCCCCCCCC)OC(=O)CCCCCCC/C=C\C/C=C\CCC)OC(C(=O)O)C(O)C1O. The molecule has 0 aliphatic carbocycles. The molecule has 428 valence electrons. The van der Waals surface area contributed by atoms with E-state index in [1.165, 1.54) is 70.6 Å². The van der Waals surface area contributed by atoms with Gasteiger partial charge < -0.3 is 39.0 Å². The van der Waals surface area contributed by atoms with E-state index >= 15 is 0 Å². The number of aliphatic carboxylic acids is 1. The topological polar surface area (TPSA) is 175 Å². The van der Waals surface area contributed by atoms with Crippen LogP contribution in [-0.4, -0.2) is 89.2 Å². The number of ether oxygens (including phenoxy) is 5. The minimum absolute atomic E-state index is 0.0215. The molecule has 0 aromatic rings. The molecule has 1 fully saturated rings. The molecule has 0 amide bonds. The Morgan fingerprint density at radius 2 is 0.880 bits per heavy atom. The highest BCUT2D eigenvalue weighted by molar-refractivity contribution is 5.74. The van der Waals surface area contributed by atoms with E-state index in [0.29, 0.717) is 25.7 Å². The molecule has 0 aromatic heterocycles. The van der Waals surface area contributed by atoms with Gasteiger partial charge in [-0.15, -0.1) is 0 Å². The molecule has 12 nitrogen and oxygen atoms in total. The highest BCUT2D eigenvalue weighted by atomic mass is 16.7. The fraction of sp³-hybridized carbons (Fsp3) is 0.714. The Bertz CT molecular complexity index is 1630. The number of aliphatic hydroxyl groups excluding tert-OH is 2. The summed E-state index contributed by atoms with van der Waals surface area (Å²) in [7, 11) is 0. The predicted octanol–water partition coefficient (Wildman–Crippen LogP) is 15.1. The molecule has 1 saturated heterocycles. The zero-order chi connectivity index (χ0) is 54.7. The summed E-state index contributed by atoms with van der Waals surface area (Å²) in [5, 5.41) is 31.5. The summed E-state index contributed by atoms with van der Waals surface area (Å²) >= 11 is 0. The first-order valence-electron chi connectivity index (χ1n) is 29.6. The van der Waals surface area contributed by atoms with E-state index in [2.05, 4.69) is 93.7 Å². The molecular formula is C63H104O12. The maximum atomic E-state index is 13.1. The smallest absolute Gasteiger partial charge is 0.335 e. The van der Waals surface area contributed by atoms with Gasteiger partial charge in [0.25, 0.3) is 0 Å². The van der Waals surface area contributed by atoms with Crippen molar-refractivity contribution in [1.29, 1.82) is 0 Å². The van der Waals surface area contributed by atoms with Gasteiger partial charge in [-0.3, -0.25) is 14.4 Å². The first-order chi connectivity index (χ1) is 36.6. The third-order valence-electron chi connectivity index (χ3n) is 12.9.